The van der Waals surface area contributed by atoms with Crippen LogP contribution in [-0.4, -0.2) is 34.6 Å². The minimum absolute atomic E-state index is 0.343. The first-order chi connectivity index (χ1) is 6.77. The third-order valence-corrected chi connectivity index (χ3v) is 3.64. The zero-order chi connectivity index (χ0) is 9.97. The molecule has 1 saturated carbocycles. The molecule has 0 aromatic rings. The van der Waals surface area contributed by atoms with Crippen molar-refractivity contribution in [3.8, 4) is 0 Å². The number of nitrogens with zero attached hydrogens (tertiary/aromatic N) is 1. The summed E-state index contributed by atoms with van der Waals surface area (Å²) in [5, 5.41) is 8.74. The average Bonchev–Trinajstić information content (AvgIpc) is 2.14. The lowest BCUT2D eigenvalue weighted by Gasteiger charge is -2.47. The molecular formula is C11H19NO2. The lowest BCUT2D eigenvalue weighted by molar-refractivity contribution is -0.140. The largest absolute Gasteiger partial charge is 0.481 e. The molecule has 2 aliphatic rings. The van der Waals surface area contributed by atoms with Crippen LogP contribution in [0.2, 0.25) is 0 Å². The summed E-state index contributed by atoms with van der Waals surface area (Å²) in [4.78, 5) is 13.0. The molecule has 0 spiro atoms. The summed E-state index contributed by atoms with van der Waals surface area (Å²) in [7, 11) is 0. The Labute approximate surface area is 85.1 Å². The molecule has 1 atom stereocenters. The molecule has 1 N–H and O–H groups in total. The van der Waals surface area contributed by atoms with E-state index in [1.807, 2.05) is 0 Å². The fourth-order valence-corrected chi connectivity index (χ4v) is 2.78. The second kappa shape index (κ2) is 4.30. The van der Waals surface area contributed by atoms with Gasteiger partial charge in [0.15, 0.2) is 0 Å². The predicted octanol–water partition coefficient (Wildman–Crippen LogP) is 1.87. The number of carboxylic acid groups (broad SMARTS) is 1. The molecule has 1 aliphatic heterocycles. The summed E-state index contributed by atoms with van der Waals surface area (Å²) >= 11 is 0. The number of aliphatic carboxylic acids is 1. The summed E-state index contributed by atoms with van der Waals surface area (Å²) in [6.07, 6.45) is 8.04. The van der Waals surface area contributed by atoms with Crippen molar-refractivity contribution in [2.45, 2.75) is 57.0 Å². The van der Waals surface area contributed by atoms with Gasteiger partial charge in [0.1, 0.15) is 0 Å². The Kier molecular flexibility index (Phi) is 3.06. The van der Waals surface area contributed by atoms with Crippen molar-refractivity contribution in [1.82, 2.24) is 4.90 Å². The molecule has 1 aliphatic carbocycles. The first-order valence-corrected chi connectivity index (χ1v) is 5.75. The molecule has 80 valence electrons. The highest BCUT2D eigenvalue weighted by Gasteiger charge is 2.35. The normalized spacial score (nSPS) is 29.9. The molecule has 0 aromatic heterocycles. The van der Waals surface area contributed by atoms with Crippen LogP contribution in [0, 0.1) is 0 Å². The van der Waals surface area contributed by atoms with Crippen molar-refractivity contribution < 1.29 is 9.90 Å². The topological polar surface area (TPSA) is 40.5 Å². The Balaban J connectivity index is 1.82. The van der Waals surface area contributed by atoms with Gasteiger partial charge in [-0.1, -0.05) is 19.3 Å². The standard InChI is InChI=1S/C11H19NO2/c13-11(14)8-10-6-7-12(10)9-4-2-1-3-5-9/h9-10H,1-8H2,(H,13,14). The molecule has 3 nitrogen and oxygen atoms in total. The fraction of sp³-hybridized carbons (Fsp3) is 0.909. The van der Waals surface area contributed by atoms with Crippen molar-refractivity contribution in [3.63, 3.8) is 0 Å². The van der Waals surface area contributed by atoms with Crippen molar-refractivity contribution in [3.05, 3.63) is 0 Å². The molecule has 0 radical (unpaired) electrons. The Morgan fingerprint density at radius 3 is 2.43 bits per heavy atom. The van der Waals surface area contributed by atoms with Gasteiger partial charge in [-0.05, 0) is 19.3 Å². The maximum absolute atomic E-state index is 10.6. The minimum Gasteiger partial charge on any atom is -0.481 e. The quantitative estimate of drug-likeness (QED) is 0.750. The van der Waals surface area contributed by atoms with Crippen LogP contribution >= 0.6 is 0 Å². The fourth-order valence-electron chi connectivity index (χ4n) is 2.78. The molecule has 0 aromatic carbocycles. The van der Waals surface area contributed by atoms with Crippen LogP contribution in [-0.2, 0) is 4.79 Å². The van der Waals surface area contributed by atoms with Crippen LogP contribution in [0.5, 0.6) is 0 Å². The highest BCUT2D eigenvalue weighted by Crippen LogP contribution is 2.31. The van der Waals surface area contributed by atoms with Gasteiger partial charge in [0.2, 0.25) is 0 Å². The summed E-state index contributed by atoms with van der Waals surface area (Å²) in [5.74, 6) is -0.643. The second-order valence-electron chi connectivity index (χ2n) is 4.57. The Bertz CT molecular complexity index is 211. The average molecular weight is 197 g/mol. The maximum atomic E-state index is 10.6. The SMILES string of the molecule is O=C(O)CC1CCN1C1CCCCC1. The van der Waals surface area contributed by atoms with Gasteiger partial charge in [0.25, 0.3) is 0 Å². The Morgan fingerprint density at radius 2 is 1.93 bits per heavy atom. The van der Waals surface area contributed by atoms with Gasteiger partial charge in [-0.15, -0.1) is 0 Å². The number of carbonyl (C=O) groups is 1. The number of likely N-dealkylation sites (tertiary alicyclic amines) is 1. The first kappa shape index (κ1) is 9.97. The van der Waals surface area contributed by atoms with Crippen molar-refractivity contribution in [1.29, 1.82) is 0 Å². The van der Waals surface area contributed by atoms with E-state index in [0.29, 0.717) is 18.5 Å². The van der Waals surface area contributed by atoms with Gasteiger partial charge in [-0.25, -0.2) is 0 Å². The van der Waals surface area contributed by atoms with Crippen LogP contribution in [0.15, 0.2) is 0 Å². The van der Waals surface area contributed by atoms with E-state index in [1.54, 1.807) is 0 Å². The highest BCUT2D eigenvalue weighted by atomic mass is 16.4. The van der Waals surface area contributed by atoms with Crippen LogP contribution < -0.4 is 0 Å². The maximum Gasteiger partial charge on any atom is 0.304 e. The smallest absolute Gasteiger partial charge is 0.304 e. The molecule has 1 unspecified atom stereocenters. The zero-order valence-corrected chi connectivity index (χ0v) is 8.61. The molecular weight excluding hydrogens is 178 g/mol. The van der Waals surface area contributed by atoms with Crippen molar-refractivity contribution >= 4 is 5.97 Å². The summed E-state index contributed by atoms with van der Waals surface area (Å²) < 4.78 is 0. The molecule has 14 heavy (non-hydrogen) atoms. The number of carboxylic acids is 1. The highest BCUT2D eigenvalue weighted by molar-refractivity contribution is 5.67. The summed E-state index contributed by atoms with van der Waals surface area (Å²) in [6.45, 7) is 1.13. The second-order valence-corrected chi connectivity index (χ2v) is 4.57. The van der Waals surface area contributed by atoms with Crippen molar-refractivity contribution in [2.75, 3.05) is 6.54 Å². The van der Waals surface area contributed by atoms with E-state index in [4.69, 9.17) is 5.11 Å². The molecule has 2 rings (SSSR count). The van der Waals surface area contributed by atoms with Crippen LogP contribution in [0.25, 0.3) is 0 Å². The van der Waals surface area contributed by atoms with Gasteiger partial charge in [-0.2, -0.15) is 0 Å². The summed E-state index contributed by atoms with van der Waals surface area (Å²) in [6, 6.07) is 1.04. The van der Waals surface area contributed by atoms with Gasteiger partial charge < -0.3 is 5.11 Å². The van der Waals surface area contributed by atoms with Gasteiger partial charge in [0.05, 0.1) is 6.42 Å². The number of hydrogen-bond acceptors (Lipinski definition) is 2. The Morgan fingerprint density at radius 1 is 1.21 bits per heavy atom. The van der Waals surface area contributed by atoms with E-state index in [1.165, 1.54) is 32.1 Å². The van der Waals surface area contributed by atoms with E-state index < -0.39 is 5.97 Å². The summed E-state index contributed by atoms with van der Waals surface area (Å²) in [5.41, 5.74) is 0. The molecule has 3 heteroatoms. The van der Waals surface area contributed by atoms with E-state index in [9.17, 15) is 4.79 Å². The lowest BCUT2D eigenvalue weighted by atomic mass is 9.88. The third kappa shape index (κ3) is 2.08. The number of hydrogen-bond donors (Lipinski definition) is 1. The van der Waals surface area contributed by atoms with Crippen LogP contribution in [0.3, 0.4) is 0 Å². The predicted molar refractivity (Wildman–Crippen MR) is 54.2 cm³/mol. The molecule has 1 saturated heterocycles. The van der Waals surface area contributed by atoms with Crippen LogP contribution in [0.1, 0.15) is 44.9 Å². The zero-order valence-electron chi connectivity index (χ0n) is 8.61. The minimum atomic E-state index is -0.643. The van der Waals surface area contributed by atoms with Gasteiger partial charge >= 0.3 is 5.97 Å². The third-order valence-electron chi connectivity index (χ3n) is 3.64. The van der Waals surface area contributed by atoms with Gasteiger partial charge in [0, 0.05) is 18.6 Å². The van der Waals surface area contributed by atoms with E-state index in [-0.39, 0.29) is 0 Å². The van der Waals surface area contributed by atoms with E-state index >= 15 is 0 Å². The monoisotopic (exact) mass is 197 g/mol. The van der Waals surface area contributed by atoms with E-state index in [0.717, 1.165) is 13.0 Å². The Hall–Kier alpha value is -0.570. The number of rotatable bonds is 3. The molecule has 1 heterocycles. The molecule has 2 fully saturated rings. The van der Waals surface area contributed by atoms with Gasteiger partial charge in [-0.3, -0.25) is 9.69 Å². The van der Waals surface area contributed by atoms with Crippen LogP contribution in [0.4, 0.5) is 0 Å². The first-order valence-electron chi connectivity index (χ1n) is 5.75. The van der Waals surface area contributed by atoms with E-state index in [2.05, 4.69) is 4.90 Å². The molecule has 0 amide bonds. The molecule has 0 bridgehead atoms. The van der Waals surface area contributed by atoms with Crippen molar-refractivity contribution in [2.24, 2.45) is 0 Å². The lowest BCUT2D eigenvalue weighted by Crippen LogP contribution is -2.54.